The van der Waals surface area contributed by atoms with Gasteiger partial charge in [-0.15, -0.1) is 22.7 Å². The molecule has 3 aromatic rings. The second-order valence-corrected chi connectivity index (χ2v) is 7.51. The Bertz CT molecular complexity index is 995. The van der Waals surface area contributed by atoms with Crippen LogP contribution in [0.2, 0.25) is 0 Å². The summed E-state index contributed by atoms with van der Waals surface area (Å²) in [6.07, 6.45) is 3.68. The first-order valence-corrected chi connectivity index (χ1v) is 9.08. The molecule has 0 radical (unpaired) electrons. The van der Waals surface area contributed by atoms with Crippen LogP contribution in [0.1, 0.15) is 37.7 Å². The molecule has 24 heavy (non-hydrogen) atoms. The maximum atomic E-state index is 12.4. The number of aromatic amines is 1. The summed E-state index contributed by atoms with van der Waals surface area (Å²) in [6.45, 7) is 5.83. The average Bonchev–Trinajstić information content (AvgIpc) is 3.09. The van der Waals surface area contributed by atoms with E-state index in [-0.39, 0.29) is 5.56 Å². The number of nitrogens with one attached hydrogen (secondary N) is 1. The van der Waals surface area contributed by atoms with Crippen molar-refractivity contribution in [3.8, 4) is 0 Å². The van der Waals surface area contributed by atoms with Crippen LogP contribution in [0.15, 0.2) is 16.9 Å². The fourth-order valence-electron chi connectivity index (χ4n) is 2.33. The molecule has 0 bridgehead atoms. The van der Waals surface area contributed by atoms with Gasteiger partial charge in [0.05, 0.1) is 12.0 Å². The zero-order valence-corrected chi connectivity index (χ0v) is 15.1. The lowest BCUT2D eigenvalue weighted by Gasteiger charge is -1.98. The molecule has 3 aromatic heterocycles. The van der Waals surface area contributed by atoms with Crippen molar-refractivity contribution < 1.29 is 9.53 Å². The first-order chi connectivity index (χ1) is 11.5. The number of H-pyrrole nitrogens is 1. The number of carbonyl (C=O) groups excluding carboxylic acids is 1. The number of hydrogen-bond donors (Lipinski definition) is 1. The van der Waals surface area contributed by atoms with Crippen molar-refractivity contribution in [2.24, 2.45) is 0 Å². The Morgan fingerprint density at radius 1 is 1.29 bits per heavy atom. The van der Waals surface area contributed by atoms with E-state index >= 15 is 0 Å². The summed E-state index contributed by atoms with van der Waals surface area (Å²) >= 11 is 2.85. The number of esters is 1. The van der Waals surface area contributed by atoms with Crippen molar-refractivity contribution in [2.45, 2.75) is 20.8 Å². The number of hydrogen-bond acceptors (Lipinski definition) is 6. The van der Waals surface area contributed by atoms with E-state index in [0.717, 1.165) is 4.88 Å². The van der Waals surface area contributed by atoms with Crippen molar-refractivity contribution in [1.29, 1.82) is 0 Å². The Balaban J connectivity index is 2.02. The molecule has 0 saturated heterocycles. The van der Waals surface area contributed by atoms with E-state index in [1.165, 1.54) is 16.2 Å². The van der Waals surface area contributed by atoms with Gasteiger partial charge in [0.1, 0.15) is 15.5 Å². The molecule has 0 atom stereocenters. The van der Waals surface area contributed by atoms with Gasteiger partial charge in [-0.1, -0.05) is 0 Å². The molecule has 0 aliphatic rings. The van der Waals surface area contributed by atoms with Crippen LogP contribution in [0, 0.1) is 13.8 Å². The third-order valence-corrected chi connectivity index (χ3v) is 5.58. The lowest BCUT2D eigenvalue weighted by molar-refractivity contribution is 0.0531. The van der Waals surface area contributed by atoms with Crippen LogP contribution in [-0.4, -0.2) is 22.5 Å². The van der Waals surface area contributed by atoms with Gasteiger partial charge in [0, 0.05) is 9.75 Å². The number of aryl methyl sites for hydroxylation is 2. The summed E-state index contributed by atoms with van der Waals surface area (Å²) in [5, 5.41) is 0.451. The molecular formula is C17H16N2O3S2. The van der Waals surface area contributed by atoms with E-state index < -0.39 is 5.97 Å². The molecule has 124 valence electrons. The summed E-state index contributed by atoms with van der Waals surface area (Å²) in [7, 11) is 0. The lowest BCUT2D eigenvalue weighted by Crippen LogP contribution is -2.10. The number of carbonyl (C=O) groups is 1. The van der Waals surface area contributed by atoms with E-state index in [4.69, 9.17) is 4.74 Å². The summed E-state index contributed by atoms with van der Waals surface area (Å²) < 4.78 is 5.03. The van der Waals surface area contributed by atoms with Crippen LogP contribution in [0.4, 0.5) is 0 Å². The summed E-state index contributed by atoms with van der Waals surface area (Å²) in [6, 6.07) is 4.05. The predicted molar refractivity (Wildman–Crippen MR) is 98.9 cm³/mol. The van der Waals surface area contributed by atoms with Gasteiger partial charge in [-0.3, -0.25) is 4.79 Å². The number of nitrogens with zero attached hydrogens (tertiary/aromatic N) is 1. The fourth-order valence-corrected chi connectivity index (χ4v) is 4.20. The first-order valence-electron chi connectivity index (χ1n) is 7.44. The van der Waals surface area contributed by atoms with Crippen LogP contribution in [-0.2, 0) is 4.74 Å². The van der Waals surface area contributed by atoms with E-state index in [1.54, 1.807) is 31.3 Å². The standard InChI is InChI=1S/C17H16N2O3S2/c1-4-22-17(21)14-10(3)13-15(20)18-12(19-16(13)24-14)8-7-11-6-5-9(2)23-11/h5-8H,4H2,1-3H3,(H,18,19,20)/b8-7+. The minimum absolute atomic E-state index is 0.244. The predicted octanol–water partition coefficient (Wildman–Crippen LogP) is 4.01. The molecule has 3 rings (SSSR count). The molecule has 0 spiro atoms. The highest BCUT2D eigenvalue weighted by molar-refractivity contribution is 7.20. The Hall–Kier alpha value is -2.25. The molecule has 3 heterocycles. The van der Waals surface area contributed by atoms with Crippen molar-refractivity contribution in [1.82, 2.24) is 9.97 Å². The number of ether oxygens (including phenoxy) is 1. The molecular weight excluding hydrogens is 344 g/mol. The molecule has 7 heteroatoms. The Morgan fingerprint density at radius 3 is 2.75 bits per heavy atom. The van der Waals surface area contributed by atoms with Gasteiger partial charge >= 0.3 is 5.97 Å². The van der Waals surface area contributed by atoms with Gasteiger partial charge < -0.3 is 9.72 Å². The second kappa shape index (κ2) is 6.70. The van der Waals surface area contributed by atoms with Crippen LogP contribution >= 0.6 is 22.7 Å². The molecule has 0 amide bonds. The highest BCUT2D eigenvalue weighted by Gasteiger charge is 2.19. The number of aromatic nitrogens is 2. The number of rotatable bonds is 4. The second-order valence-electron chi connectivity index (χ2n) is 5.19. The molecule has 0 aromatic carbocycles. The molecule has 0 unspecified atom stereocenters. The largest absolute Gasteiger partial charge is 0.462 e. The lowest BCUT2D eigenvalue weighted by atomic mass is 10.2. The maximum Gasteiger partial charge on any atom is 0.348 e. The van der Waals surface area contributed by atoms with Crippen molar-refractivity contribution >= 4 is 51.0 Å². The van der Waals surface area contributed by atoms with Crippen LogP contribution < -0.4 is 5.56 Å². The number of thiophene rings is 2. The zero-order valence-electron chi connectivity index (χ0n) is 13.5. The minimum Gasteiger partial charge on any atom is -0.462 e. The Labute approximate surface area is 146 Å². The first kappa shape index (κ1) is 16.6. The van der Waals surface area contributed by atoms with Gasteiger partial charge in [-0.2, -0.15) is 0 Å². The molecule has 0 fully saturated rings. The van der Waals surface area contributed by atoms with Gasteiger partial charge in [0.2, 0.25) is 0 Å². The van der Waals surface area contributed by atoms with E-state index in [2.05, 4.69) is 9.97 Å². The molecule has 5 nitrogen and oxygen atoms in total. The third kappa shape index (κ3) is 3.18. The van der Waals surface area contributed by atoms with Crippen LogP contribution in [0.25, 0.3) is 22.4 Å². The Kier molecular flexibility index (Phi) is 4.64. The molecule has 0 saturated carbocycles. The summed E-state index contributed by atoms with van der Waals surface area (Å²) in [5.41, 5.74) is 0.373. The van der Waals surface area contributed by atoms with Gasteiger partial charge in [0.25, 0.3) is 5.56 Å². The summed E-state index contributed by atoms with van der Waals surface area (Å²) in [4.78, 5) is 34.8. The van der Waals surface area contributed by atoms with E-state index in [0.29, 0.717) is 33.1 Å². The fraction of sp³-hybridized carbons (Fsp3) is 0.235. The van der Waals surface area contributed by atoms with Gasteiger partial charge in [-0.25, -0.2) is 9.78 Å². The topological polar surface area (TPSA) is 72.0 Å². The van der Waals surface area contributed by atoms with Crippen molar-refractivity contribution in [3.63, 3.8) is 0 Å². The van der Waals surface area contributed by atoms with Crippen LogP contribution in [0.3, 0.4) is 0 Å². The van der Waals surface area contributed by atoms with Gasteiger partial charge in [0.15, 0.2) is 0 Å². The third-order valence-electron chi connectivity index (χ3n) is 3.45. The molecule has 0 aliphatic heterocycles. The quantitative estimate of drug-likeness (QED) is 0.714. The highest BCUT2D eigenvalue weighted by atomic mass is 32.1. The monoisotopic (exact) mass is 360 g/mol. The van der Waals surface area contributed by atoms with E-state index in [9.17, 15) is 9.59 Å². The molecule has 0 aliphatic carbocycles. The summed E-state index contributed by atoms with van der Waals surface area (Å²) in [5.74, 6) is 0.0544. The normalized spacial score (nSPS) is 11.5. The molecule has 1 N–H and O–H groups in total. The highest BCUT2D eigenvalue weighted by Crippen LogP contribution is 2.28. The van der Waals surface area contributed by atoms with E-state index in [1.807, 2.05) is 25.1 Å². The zero-order chi connectivity index (χ0) is 17.3. The maximum absolute atomic E-state index is 12.4. The minimum atomic E-state index is -0.413. The SMILES string of the molecule is CCOC(=O)c1sc2nc(/C=C/c3ccc(C)s3)[nH]c(=O)c2c1C. The van der Waals surface area contributed by atoms with Crippen molar-refractivity contribution in [3.05, 3.63) is 48.5 Å². The number of fused-ring (bicyclic) bond motifs is 1. The van der Waals surface area contributed by atoms with Crippen molar-refractivity contribution in [2.75, 3.05) is 6.61 Å². The average molecular weight is 360 g/mol. The Morgan fingerprint density at radius 2 is 2.08 bits per heavy atom. The smallest absolute Gasteiger partial charge is 0.348 e. The van der Waals surface area contributed by atoms with Crippen LogP contribution in [0.5, 0.6) is 0 Å². The van der Waals surface area contributed by atoms with Gasteiger partial charge in [-0.05, 0) is 50.6 Å².